The summed E-state index contributed by atoms with van der Waals surface area (Å²) >= 11 is 0. The Balaban J connectivity index is 2.66. The summed E-state index contributed by atoms with van der Waals surface area (Å²) in [5, 5.41) is 3.28. The molecule has 15 heavy (non-hydrogen) atoms. The third-order valence-corrected chi connectivity index (χ3v) is 1.99. The molecular formula is C10H18N4O. The van der Waals surface area contributed by atoms with Gasteiger partial charge in [0.25, 0.3) is 0 Å². The number of nitrogen functional groups attached to an aromatic ring is 1. The monoisotopic (exact) mass is 210 g/mol. The van der Waals surface area contributed by atoms with Gasteiger partial charge in [-0.15, -0.1) is 0 Å². The summed E-state index contributed by atoms with van der Waals surface area (Å²) in [6.07, 6.45) is 1.40. The van der Waals surface area contributed by atoms with E-state index in [1.54, 1.807) is 7.11 Å². The third kappa shape index (κ3) is 3.36. The average molecular weight is 210 g/mol. The fourth-order valence-electron chi connectivity index (χ4n) is 1.24. The maximum absolute atomic E-state index is 5.74. The highest BCUT2D eigenvalue weighted by atomic mass is 16.5. The molecule has 5 heteroatoms. The van der Waals surface area contributed by atoms with Gasteiger partial charge in [0.15, 0.2) is 0 Å². The number of aromatic nitrogens is 2. The fraction of sp³-hybridized carbons (Fsp3) is 0.600. The molecule has 0 aromatic carbocycles. The topological polar surface area (TPSA) is 73.1 Å². The van der Waals surface area contributed by atoms with Crippen LogP contribution in [0.5, 0.6) is 5.88 Å². The second-order valence-corrected chi connectivity index (χ2v) is 3.77. The van der Waals surface area contributed by atoms with Gasteiger partial charge in [-0.05, 0) is 12.5 Å². The highest BCUT2D eigenvalue weighted by molar-refractivity contribution is 5.44. The Hall–Kier alpha value is -1.36. The Morgan fingerprint density at radius 1 is 1.47 bits per heavy atom. The first kappa shape index (κ1) is 11.7. The van der Waals surface area contributed by atoms with Crippen LogP contribution in [-0.2, 0) is 6.54 Å². The van der Waals surface area contributed by atoms with Crippen molar-refractivity contribution in [2.75, 3.05) is 19.4 Å². The van der Waals surface area contributed by atoms with Gasteiger partial charge in [-0.2, -0.15) is 0 Å². The second kappa shape index (κ2) is 5.50. The van der Waals surface area contributed by atoms with Crippen LogP contribution in [0, 0.1) is 5.92 Å². The van der Waals surface area contributed by atoms with E-state index in [9.17, 15) is 0 Å². The highest BCUT2D eigenvalue weighted by Gasteiger charge is 2.08. The zero-order valence-corrected chi connectivity index (χ0v) is 9.45. The Morgan fingerprint density at radius 3 is 2.80 bits per heavy atom. The lowest BCUT2D eigenvalue weighted by molar-refractivity contribution is 0.389. The number of nitrogens with zero attached hydrogens (tertiary/aromatic N) is 2. The standard InChI is InChI=1S/C10H18N4O/c1-7(2)4-12-5-8-9(11)13-6-14-10(8)15-3/h6-7,12H,4-5H2,1-3H3,(H2,11,13,14). The lowest BCUT2D eigenvalue weighted by atomic mass is 10.2. The van der Waals surface area contributed by atoms with Gasteiger partial charge >= 0.3 is 0 Å². The van der Waals surface area contributed by atoms with E-state index in [1.807, 2.05) is 0 Å². The summed E-state index contributed by atoms with van der Waals surface area (Å²) in [5.74, 6) is 1.61. The molecule has 0 bridgehead atoms. The van der Waals surface area contributed by atoms with Crippen molar-refractivity contribution >= 4 is 5.82 Å². The van der Waals surface area contributed by atoms with Crippen LogP contribution in [0.4, 0.5) is 5.82 Å². The maximum atomic E-state index is 5.74. The third-order valence-electron chi connectivity index (χ3n) is 1.99. The van der Waals surface area contributed by atoms with E-state index in [0.717, 1.165) is 12.1 Å². The van der Waals surface area contributed by atoms with E-state index in [-0.39, 0.29) is 0 Å². The first-order valence-electron chi connectivity index (χ1n) is 4.99. The molecule has 0 saturated carbocycles. The minimum Gasteiger partial charge on any atom is -0.481 e. The van der Waals surface area contributed by atoms with Crippen molar-refractivity contribution < 1.29 is 4.74 Å². The van der Waals surface area contributed by atoms with Gasteiger partial charge in [-0.25, -0.2) is 9.97 Å². The van der Waals surface area contributed by atoms with Gasteiger partial charge in [-0.3, -0.25) is 0 Å². The summed E-state index contributed by atoms with van der Waals surface area (Å²) < 4.78 is 5.11. The molecule has 0 aliphatic heterocycles. The number of nitrogens with two attached hydrogens (primary N) is 1. The Labute approximate surface area is 90.1 Å². The van der Waals surface area contributed by atoms with Gasteiger partial charge in [0.05, 0.1) is 12.7 Å². The van der Waals surface area contributed by atoms with Crippen LogP contribution in [0.25, 0.3) is 0 Å². The molecule has 5 nitrogen and oxygen atoms in total. The molecule has 0 aliphatic rings. The molecule has 0 saturated heterocycles. The normalized spacial score (nSPS) is 10.7. The van der Waals surface area contributed by atoms with E-state index >= 15 is 0 Å². The number of hydrogen-bond donors (Lipinski definition) is 2. The number of hydrogen-bond acceptors (Lipinski definition) is 5. The molecule has 1 heterocycles. The van der Waals surface area contributed by atoms with E-state index in [4.69, 9.17) is 10.5 Å². The predicted octanol–water partition coefficient (Wildman–Crippen LogP) is 0.813. The van der Waals surface area contributed by atoms with Crippen LogP contribution < -0.4 is 15.8 Å². The van der Waals surface area contributed by atoms with Crippen LogP contribution in [-0.4, -0.2) is 23.6 Å². The smallest absolute Gasteiger partial charge is 0.222 e. The second-order valence-electron chi connectivity index (χ2n) is 3.77. The van der Waals surface area contributed by atoms with Gasteiger partial charge in [0.1, 0.15) is 12.1 Å². The van der Waals surface area contributed by atoms with Gasteiger partial charge in [0.2, 0.25) is 5.88 Å². The maximum Gasteiger partial charge on any atom is 0.222 e. The highest BCUT2D eigenvalue weighted by Crippen LogP contribution is 2.18. The average Bonchev–Trinajstić information content (AvgIpc) is 2.20. The van der Waals surface area contributed by atoms with E-state index < -0.39 is 0 Å². The lowest BCUT2D eigenvalue weighted by Crippen LogP contribution is -2.20. The molecule has 0 amide bonds. The Morgan fingerprint density at radius 2 is 2.20 bits per heavy atom. The molecule has 1 aromatic heterocycles. The Bertz CT molecular complexity index is 314. The Kier molecular flexibility index (Phi) is 4.30. The molecule has 1 rings (SSSR count). The van der Waals surface area contributed by atoms with Gasteiger partial charge in [0, 0.05) is 6.54 Å². The van der Waals surface area contributed by atoms with E-state index in [1.165, 1.54) is 6.33 Å². The van der Waals surface area contributed by atoms with Gasteiger partial charge in [-0.1, -0.05) is 13.8 Å². The summed E-state index contributed by atoms with van der Waals surface area (Å²) in [6, 6.07) is 0. The molecule has 0 fully saturated rings. The largest absolute Gasteiger partial charge is 0.481 e. The zero-order valence-electron chi connectivity index (χ0n) is 9.45. The number of methoxy groups -OCH3 is 1. The van der Waals surface area contributed by atoms with Crippen molar-refractivity contribution in [1.29, 1.82) is 0 Å². The van der Waals surface area contributed by atoms with Crippen molar-refractivity contribution in [2.24, 2.45) is 5.92 Å². The summed E-state index contributed by atoms with van der Waals surface area (Å²) in [6.45, 7) is 5.86. The molecule has 84 valence electrons. The molecule has 0 unspecified atom stereocenters. The molecule has 0 spiro atoms. The molecule has 0 aliphatic carbocycles. The molecule has 1 aromatic rings. The quantitative estimate of drug-likeness (QED) is 0.752. The van der Waals surface area contributed by atoms with Crippen molar-refractivity contribution in [2.45, 2.75) is 20.4 Å². The number of nitrogens with one attached hydrogen (secondary N) is 1. The minimum atomic E-state index is 0.470. The number of ether oxygens (including phenoxy) is 1. The summed E-state index contributed by atoms with van der Waals surface area (Å²) in [5.41, 5.74) is 6.56. The van der Waals surface area contributed by atoms with Crippen LogP contribution in [0.3, 0.4) is 0 Å². The molecule has 0 radical (unpaired) electrons. The summed E-state index contributed by atoms with van der Waals surface area (Å²) in [7, 11) is 1.58. The molecule has 0 atom stereocenters. The molecular weight excluding hydrogens is 192 g/mol. The number of rotatable bonds is 5. The minimum absolute atomic E-state index is 0.470. The van der Waals surface area contributed by atoms with E-state index in [0.29, 0.717) is 24.2 Å². The van der Waals surface area contributed by atoms with Crippen molar-refractivity contribution in [1.82, 2.24) is 15.3 Å². The predicted molar refractivity (Wildman–Crippen MR) is 59.5 cm³/mol. The molecule has 3 N–H and O–H groups in total. The number of anilines is 1. The van der Waals surface area contributed by atoms with Crippen molar-refractivity contribution in [3.8, 4) is 5.88 Å². The van der Waals surface area contributed by atoms with E-state index in [2.05, 4.69) is 29.1 Å². The van der Waals surface area contributed by atoms with Gasteiger partial charge < -0.3 is 15.8 Å². The summed E-state index contributed by atoms with van der Waals surface area (Å²) in [4.78, 5) is 7.93. The van der Waals surface area contributed by atoms with Crippen molar-refractivity contribution in [3.63, 3.8) is 0 Å². The van der Waals surface area contributed by atoms with Crippen LogP contribution >= 0.6 is 0 Å². The first-order valence-corrected chi connectivity index (χ1v) is 4.99. The first-order chi connectivity index (χ1) is 7.15. The zero-order chi connectivity index (χ0) is 11.3. The van der Waals surface area contributed by atoms with Crippen LogP contribution in [0.15, 0.2) is 6.33 Å². The van der Waals surface area contributed by atoms with Crippen LogP contribution in [0.1, 0.15) is 19.4 Å². The lowest BCUT2D eigenvalue weighted by Gasteiger charge is -2.11. The SMILES string of the molecule is COc1ncnc(N)c1CNCC(C)C. The fourth-order valence-corrected chi connectivity index (χ4v) is 1.24. The van der Waals surface area contributed by atoms with Crippen LogP contribution in [0.2, 0.25) is 0 Å². The van der Waals surface area contributed by atoms with Crippen molar-refractivity contribution in [3.05, 3.63) is 11.9 Å².